The van der Waals surface area contributed by atoms with Crippen molar-refractivity contribution < 1.29 is 4.39 Å². The zero-order valence-electron chi connectivity index (χ0n) is 14.4. The Hall–Kier alpha value is -3.66. The molecule has 0 saturated carbocycles. The third-order valence-electron chi connectivity index (χ3n) is 4.89. The van der Waals surface area contributed by atoms with Crippen LogP contribution in [0.2, 0.25) is 0 Å². The minimum absolute atomic E-state index is 0.152. The molecule has 0 aromatic heterocycles. The quantitative estimate of drug-likeness (QED) is 0.317. The number of hydrogen-bond donors (Lipinski definition) is 2. The highest BCUT2D eigenvalue weighted by atomic mass is 19.1. The average molecular weight is 353 g/mol. The van der Waals surface area contributed by atoms with Crippen molar-refractivity contribution >= 4 is 51.0 Å². The van der Waals surface area contributed by atoms with Crippen molar-refractivity contribution in [3.8, 4) is 0 Å². The molecule has 4 heteroatoms. The number of nitrogens with one attached hydrogen (secondary N) is 1. The topological polar surface area (TPSA) is 50.4 Å². The van der Waals surface area contributed by atoms with Gasteiger partial charge in [0.25, 0.3) is 0 Å². The average Bonchev–Trinajstić information content (AvgIpc) is 3.12. The van der Waals surface area contributed by atoms with E-state index in [2.05, 4.69) is 34.6 Å². The van der Waals surface area contributed by atoms with Crippen molar-refractivity contribution in [2.75, 3.05) is 5.32 Å². The molecule has 5 rings (SSSR count). The molecule has 1 aliphatic carbocycles. The molecule has 0 radical (unpaired) electrons. The molecule has 27 heavy (non-hydrogen) atoms. The summed E-state index contributed by atoms with van der Waals surface area (Å²) in [5.74, 6) is -0.248. The van der Waals surface area contributed by atoms with Gasteiger partial charge in [0.1, 0.15) is 11.5 Å². The second kappa shape index (κ2) is 5.95. The second-order valence-corrected chi connectivity index (χ2v) is 6.54. The Labute approximate surface area is 155 Å². The lowest BCUT2D eigenvalue weighted by atomic mass is 10.0. The van der Waals surface area contributed by atoms with E-state index in [-0.39, 0.29) is 11.6 Å². The van der Waals surface area contributed by atoms with E-state index in [1.165, 1.54) is 22.4 Å². The first-order chi connectivity index (χ1) is 13.2. The number of fused-ring (bicyclic) bond motifs is 1. The lowest BCUT2D eigenvalue weighted by Gasteiger charge is -2.11. The van der Waals surface area contributed by atoms with E-state index in [0.29, 0.717) is 0 Å². The Bertz CT molecular complexity index is 1270. The van der Waals surface area contributed by atoms with E-state index >= 15 is 0 Å². The molecule has 0 aliphatic heterocycles. The summed E-state index contributed by atoms with van der Waals surface area (Å²) >= 11 is 0. The molecular formula is C23H16FN3. The number of hydrogen-bond acceptors (Lipinski definition) is 1. The molecule has 0 spiro atoms. The van der Waals surface area contributed by atoms with Gasteiger partial charge in [0.15, 0.2) is 5.96 Å². The second-order valence-electron chi connectivity index (χ2n) is 6.54. The van der Waals surface area contributed by atoms with Gasteiger partial charge in [-0.3, -0.25) is 0 Å². The van der Waals surface area contributed by atoms with Crippen molar-refractivity contribution in [2.45, 2.75) is 0 Å². The lowest BCUT2D eigenvalue weighted by Crippen LogP contribution is -2.22. The van der Waals surface area contributed by atoms with Gasteiger partial charge in [-0.2, -0.15) is 0 Å². The smallest absolute Gasteiger partial charge is 0.198 e. The minimum Gasteiger partial charge on any atom is -0.369 e. The SMILES string of the molecule is NC(=Nc1c(F)ccc2ccccc12)Nc1ccc2cccc3c2c1C=C3. The molecule has 0 fully saturated rings. The molecule has 0 amide bonds. The molecule has 4 aromatic rings. The van der Waals surface area contributed by atoms with E-state index in [1.54, 1.807) is 6.07 Å². The molecule has 1 aliphatic rings. The first kappa shape index (κ1) is 15.6. The van der Waals surface area contributed by atoms with Crippen LogP contribution in [0.3, 0.4) is 0 Å². The predicted molar refractivity (Wildman–Crippen MR) is 112 cm³/mol. The predicted octanol–water partition coefficient (Wildman–Crippen LogP) is 5.67. The molecule has 0 bridgehead atoms. The number of nitrogens with zero attached hydrogens (tertiary/aromatic N) is 1. The van der Waals surface area contributed by atoms with Crippen LogP contribution in [0.1, 0.15) is 11.1 Å². The Morgan fingerprint density at radius 3 is 2.59 bits per heavy atom. The third kappa shape index (κ3) is 2.54. The van der Waals surface area contributed by atoms with Gasteiger partial charge in [-0.1, -0.05) is 66.7 Å². The standard InChI is InChI=1S/C23H16FN3/c24-19-12-9-14-4-1-2-7-17(14)22(19)27-23(25)26-20-13-10-16-6-3-5-15-8-11-18(20)21(15)16/h1-13H,(H3,25,26,27). The number of anilines is 1. The van der Waals surface area contributed by atoms with Crippen LogP contribution in [0, 0.1) is 5.82 Å². The first-order valence-corrected chi connectivity index (χ1v) is 8.73. The highest BCUT2D eigenvalue weighted by Crippen LogP contribution is 2.36. The van der Waals surface area contributed by atoms with E-state index in [9.17, 15) is 4.39 Å². The lowest BCUT2D eigenvalue weighted by molar-refractivity contribution is 0.631. The molecule has 0 unspecified atom stereocenters. The van der Waals surface area contributed by atoms with Gasteiger partial charge < -0.3 is 11.1 Å². The van der Waals surface area contributed by atoms with Crippen LogP contribution in [0.25, 0.3) is 33.7 Å². The van der Waals surface area contributed by atoms with Gasteiger partial charge in [0.2, 0.25) is 0 Å². The molecular weight excluding hydrogens is 337 g/mol. The van der Waals surface area contributed by atoms with Gasteiger partial charge >= 0.3 is 0 Å². The van der Waals surface area contributed by atoms with E-state index in [4.69, 9.17) is 5.73 Å². The maximum atomic E-state index is 14.4. The Morgan fingerprint density at radius 2 is 1.67 bits per heavy atom. The van der Waals surface area contributed by atoms with Gasteiger partial charge in [-0.05, 0) is 33.9 Å². The summed E-state index contributed by atoms with van der Waals surface area (Å²) in [5.41, 5.74) is 9.48. The van der Waals surface area contributed by atoms with Gasteiger partial charge in [0, 0.05) is 16.6 Å². The molecule has 130 valence electrons. The summed E-state index contributed by atoms with van der Waals surface area (Å²) in [6.07, 6.45) is 4.15. The zero-order valence-corrected chi connectivity index (χ0v) is 14.4. The molecule has 4 aromatic carbocycles. The first-order valence-electron chi connectivity index (χ1n) is 8.73. The fraction of sp³-hybridized carbons (Fsp3) is 0. The highest BCUT2D eigenvalue weighted by molar-refractivity contribution is 6.10. The van der Waals surface area contributed by atoms with Crippen LogP contribution in [-0.4, -0.2) is 5.96 Å². The summed E-state index contributed by atoms with van der Waals surface area (Å²) in [5, 5.41) is 7.15. The summed E-state index contributed by atoms with van der Waals surface area (Å²) < 4.78 is 14.4. The van der Waals surface area contributed by atoms with Crippen LogP contribution >= 0.6 is 0 Å². The summed E-state index contributed by atoms with van der Waals surface area (Å²) in [7, 11) is 0. The van der Waals surface area contributed by atoms with E-state index in [0.717, 1.165) is 22.0 Å². The monoisotopic (exact) mass is 353 g/mol. The van der Waals surface area contributed by atoms with Crippen LogP contribution in [0.4, 0.5) is 15.8 Å². The van der Waals surface area contributed by atoms with E-state index in [1.807, 2.05) is 42.5 Å². The number of benzene rings is 4. The molecule has 0 saturated heterocycles. The Morgan fingerprint density at radius 1 is 0.852 bits per heavy atom. The van der Waals surface area contributed by atoms with Crippen LogP contribution in [0.5, 0.6) is 0 Å². The molecule has 3 nitrogen and oxygen atoms in total. The number of guanidine groups is 1. The van der Waals surface area contributed by atoms with Gasteiger partial charge in [-0.15, -0.1) is 0 Å². The Balaban J connectivity index is 1.58. The maximum absolute atomic E-state index is 14.4. The Kier molecular flexibility index (Phi) is 3.44. The van der Waals surface area contributed by atoms with E-state index < -0.39 is 5.82 Å². The fourth-order valence-electron chi connectivity index (χ4n) is 3.66. The van der Waals surface area contributed by atoms with Crippen molar-refractivity contribution in [3.05, 3.63) is 83.7 Å². The van der Waals surface area contributed by atoms with Crippen LogP contribution in [0.15, 0.2) is 71.7 Å². The van der Waals surface area contributed by atoms with Crippen LogP contribution < -0.4 is 11.1 Å². The molecule has 0 heterocycles. The number of halogens is 1. The van der Waals surface area contributed by atoms with Crippen molar-refractivity contribution in [1.29, 1.82) is 0 Å². The van der Waals surface area contributed by atoms with Crippen molar-refractivity contribution in [2.24, 2.45) is 10.7 Å². The number of nitrogens with two attached hydrogens (primary N) is 1. The third-order valence-corrected chi connectivity index (χ3v) is 4.89. The molecule has 0 atom stereocenters. The molecule has 3 N–H and O–H groups in total. The summed E-state index contributed by atoms with van der Waals surface area (Å²) in [4.78, 5) is 4.34. The normalized spacial score (nSPS) is 12.9. The number of rotatable bonds is 2. The highest BCUT2D eigenvalue weighted by Gasteiger charge is 2.14. The van der Waals surface area contributed by atoms with Crippen molar-refractivity contribution in [3.63, 3.8) is 0 Å². The summed E-state index contributed by atoms with van der Waals surface area (Å²) in [6, 6.07) is 20.9. The number of aliphatic imine (C=N–C) groups is 1. The fourth-order valence-corrected chi connectivity index (χ4v) is 3.66. The van der Waals surface area contributed by atoms with Crippen molar-refractivity contribution in [1.82, 2.24) is 0 Å². The summed E-state index contributed by atoms with van der Waals surface area (Å²) in [6.45, 7) is 0. The van der Waals surface area contributed by atoms with Crippen LogP contribution in [-0.2, 0) is 0 Å². The zero-order chi connectivity index (χ0) is 18.4. The maximum Gasteiger partial charge on any atom is 0.198 e. The van der Waals surface area contributed by atoms with Gasteiger partial charge in [0.05, 0.1) is 0 Å². The largest absolute Gasteiger partial charge is 0.369 e. The minimum atomic E-state index is -0.399. The van der Waals surface area contributed by atoms with Gasteiger partial charge in [-0.25, -0.2) is 9.38 Å².